The van der Waals surface area contributed by atoms with E-state index in [0.29, 0.717) is 0 Å². The zero-order valence-electron chi connectivity index (χ0n) is 3.63. The van der Waals surface area contributed by atoms with Crippen LogP contribution < -0.4 is 5.73 Å². The first-order valence-electron chi connectivity index (χ1n) is 1.48. The molecule has 4 nitrogen and oxygen atoms in total. The van der Waals surface area contributed by atoms with Crippen molar-refractivity contribution >= 4 is 0 Å². The number of rotatable bonds is 1. The third-order valence-electron chi connectivity index (χ3n) is 0.105. The van der Waals surface area contributed by atoms with Gasteiger partial charge in [-0.2, -0.15) is 0 Å². The number of hydrogen-bond donors (Lipinski definition) is 2. The summed E-state index contributed by atoms with van der Waals surface area (Å²) in [7, 11) is 0. The number of nitrogens with two attached hydrogens (primary N) is 1. The van der Waals surface area contributed by atoms with E-state index >= 15 is 0 Å². The molecule has 42 valence electrons. The molecule has 0 fully saturated rings. The Balaban J connectivity index is 0. The fourth-order valence-electron chi connectivity index (χ4n) is 0. The molecule has 0 amide bonds. The van der Waals surface area contributed by atoms with Gasteiger partial charge < -0.3 is 10.8 Å². The fourth-order valence-corrected chi connectivity index (χ4v) is 0. The Kier molecular flexibility index (Phi) is 24.4. The van der Waals surface area contributed by atoms with Crippen molar-refractivity contribution in [3.05, 3.63) is 6.61 Å². The van der Waals surface area contributed by atoms with Gasteiger partial charge >= 0.3 is 39.7 Å². The van der Waals surface area contributed by atoms with Crippen molar-refractivity contribution < 1.29 is 44.8 Å². The van der Waals surface area contributed by atoms with Crippen molar-refractivity contribution in [3.63, 3.8) is 0 Å². The van der Waals surface area contributed by atoms with Crippen molar-refractivity contribution in [2.45, 2.75) is 0 Å². The van der Waals surface area contributed by atoms with Crippen LogP contribution in [0.15, 0.2) is 0 Å². The van der Waals surface area contributed by atoms with Gasteiger partial charge in [0, 0.05) is 0 Å². The molecule has 0 aromatic carbocycles. The van der Waals surface area contributed by atoms with E-state index in [4.69, 9.17) is 12.7 Å². The van der Waals surface area contributed by atoms with Gasteiger partial charge in [-0.05, 0) is 0 Å². The maximum absolute atomic E-state index is 8.57. The van der Waals surface area contributed by atoms with E-state index in [2.05, 4.69) is 0 Å². The van der Waals surface area contributed by atoms with E-state index in [0.717, 1.165) is 6.61 Å². The molecule has 0 heterocycles. The summed E-state index contributed by atoms with van der Waals surface area (Å²) in [5.74, 6) is 0. The summed E-state index contributed by atoms with van der Waals surface area (Å²) in [6, 6.07) is 0. The topological polar surface area (TPSA) is 80.4 Å². The summed E-state index contributed by atoms with van der Waals surface area (Å²) in [5.41, 5.74) is 4.72. The molecule has 0 unspecified atom stereocenters. The molecule has 0 rings (SSSR count). The second-order valence-corrected chi connectivity index (χ2v) is 1.02. The van der Waals surface area contributed by atoms with Gasteiger partial charge in [-0.3, -0.25) is 0 Å². The van der Waals surface area contributed by atoms with Crippen LogP contribution in [0.2, 0.25) is 0 Å². The molecule has 5 heteroatoms. The molecule has 7 heavy (non-hydrogen) atoms. The molecule has 3 N–H and O–H groups in total. The summed E-state index contributed by atoms with van der Waals surface area (Å²) in [6.07, 6.45) is 0. The van der Waals surface area contributed by atoms with Gasteiger partial charge in [-0.1, -0.05) is 0 Å². The van der Waals surface area contributed by atoms with E-state index in [1.54, 1.807) is 0 Å². The van der Waals surface area contributed by atoms with Crippen LogP contribution in [0.1, 0.15) is 0 Å². The molecule has 0 saturated carbocycles. The quantitative estimate of drug-likeness (QED) is 0.582. The second-order valence-electron chi connectivity index (χ2n) is 0.502. The van der Waals surface area contributed by atoms with E-state index in [1.807, 2.05) is 0 Å². The predicted molar refractivity (Wildman–Crippen MR) is 16.7 cm³/mol. The predicted octanol–water partition coefficient (Wildman–Crippen LogP) is -0.758. The zero-order chi connectivity index (χ0) is 6.12. The van der Waals surface area contributed by atoms with Gasteiger partial charge in [0.15, 0.2) is 0 Å². The van der Waals surface area contributed by atoms with Gasteiger partial charge in [0.25, 0.3) is 0 Å². The van der Waals surface area contributed by atoms with Crippen LogP contribution in [0.25, 0.3) is 0 Å². The molecule has 0 aliphatic rings. The fraction of sp³-hybridized carbons (Fsp3) is 0.500. The van der Waals surface area contributed by atoms with E-state index in [1.165, 1.54) is 0 Å². The molecule has 0 atom stereocenters. The van der Waals surface area contributed by atoms with Crippen molar-refractivity contribution in [1.82, 2.24) is 0 Å². The molecule has 0 saturated heterocycles. The van der Waals surface area contributed by atoms with Crippen molar-refractivity contribution in [2.75, 3.05) is 6.54 Å². The number of aliphatic hydroxyl groups is 1. The standard InChI is InChI=1S/C2H6NO.Ce.2O/c3-1-2-4;;;/h2,4H,1,3H2;;;/q-1;;;. The van der Waals surface area contributed by atoms with E-state index in [-0.39, 0.29) is 6.54 Å². The minimum absolute atomic E-state index is 0.250. The van der Waals surface area contributed by atoms with Crippen LogP contribution in [-0.4, -0.2) is 11.7 Å². The number of hydrogen-bond acceptors (Lipinski definition) is 4. The average Bonchev–Trinajstić information content (AvgIpc) is 1.69. The zero-order valence-corrected chi connectivity index (χ0v) is 6.77. The molecule has 0 radical (unpaired) electrons. The first-order chi connectivity index (χ1) is 3.33. The Morgan fingerprint density at radius 3 is 1.86 bits per heavy atom. The summed E-state index contributed by atoms with van der Waals surface area (Å²) in [5, 5.41) is 7.62. The summed E-state index contributed by atoms with van der Waals surface area (Å²) in [4.78, 5) is 0. The normalized spacial score (nSPS) is 5.43. The average molecular weight is 232 g/mol. The van der Waals surface area contributed by atoms with Crippen LogP contribution in [-0.2, 0) is 1.88 Å². The van der Waals surface area contributed by atoms with Crippen molar-refractivity contribution in [3.8, 4) is 0 Å². The Morgan fingerprint density at radius 1 is 1.71 bits per heavy atom. The SMILES string of the molecule is NC[CH-]O.[O]=[Ce]=[O]. The first-order valence-corrected chi connectivity index (χ1v) is 4.05. The molecular formula is C2H6CeNO3-. The van der Waals surface area contributed by atoms with Crippen LogP contribution in [0.5, 0.6) is 0 Å². The van der Waals surface area contributed by atoms with Gasteiger partial charge in [-0.15, -0.1) is 6.54 Å². The molecule has 0 spiro atoms. The molecular weight excluding hydrogens is 226 g/mol. The molecule has 0 aliphatic carbocycles. The van der Waals surface area contributed by atoms with Gasteiger partial charge in [0.05, 0.1) is 0 Å². The monoisotopic (exact) mass is 232 g/mol. The van der Waals surface area contributed by atoms with E-state index in [9.17, 15) is 0 Å². The van der Waals surface area contributed by atoms with E-state index < -0.39 is 37.8 Å². The van der Waals surface area contributed by atoms with Crippen LogP contribution >= 0.6 is 0 Å². The van der Waals surface area contributed by atoms with Crippen LogP contribution in [0.3, 0.4) is 0 Å². The Morgan fingerprint density at radius 2 is 1.86 bits per heavy atom. The Bertz CT molecular complexity index is 48.9. The van der Waals surface area contributed by atoms with Crippen LogP contribution in [0, 0.1) is 44.4 Å². The summed E-state index contributed by atoms with van der Waals surface area (Å²) < 4.78 is 17.1. The van der Waals surface area contributed by atoms with Crippen molar-refractivity contribution in [1.29, 1.82) is 0 Å². The van der Waals surface area contributed by atoms with Gasteiger partial charge in [0.1, 0.15) is 0 Å². The minimum atomic E-state index is -2.42. The Labute approximate surface area is 63.1 Å². The third-order valence-corrected chi connectivity index (χ3v) is 0.105. The summed E-state index contributed by atoms with van der Waals surface area (Å²) >= 11 is -2.42. The molecule has 0 bridgehead atoms. The van der Waals surface area contributed by atoms with Crippen LogP contribution in [0.4, 0.5) is 0 Å². The Hall–Kier alpha value is 0.897. The first kappa shape index (κ1) is 10.8. The maximum atomic E-state index is 8.57. The summed E-state index contributed by atoms with van der Waals surface area (Å²) in [6.45, 7) is 1.15. The second kappa shape index (κ2) is 15.8. The third kappa shape index (κ3) is 46.0. The molecule has 0 aromatic rings. The van der Waals surface area contributed by atoms with Crippen molar-refractivity contribution in [2.24, 2.45) is 5.73 Å². The molecule has 0 aliphatic heterocycles. The van der Waals surface area contributed by atoms with Gasteiger partial charge in [0.2, 0.25) is 0 Å². The molecule has 0 aromatic heterocycles. The van der Waals surface area contributed by atoms with Gasteiger partial charge in [-0.25, -0.2) is 6.61 Å². The number of aliphatic hydroxyl groups excluding tert-OH is 1.